The van der Waals surface area contributed by atoms with Crippen LogP contribution < -0.4 is 10.6 Å². The van der Waals surface area contributed by atoms with Crippen LogP contribution in [0.5, 0.6) is 0 Å². The van der Waals surface area contributed by atoms with Crippen molar-refractivity contribution >= 4 is 23.2 Å². The van der Waals surface area contributed by atoms with Crippen LogP contribution >= 0.6 is 0 Å². The summed E-state index contributed by atoms with van der Waals surface area (Å²) in [6.07, 6.45) is 2.76. The second-order valence-corrected chi connectivity index (χ2v) is 6.02. The highest BCUT2D eigenvalue weighted by Gasteiger charge is 2.29. The van der Waals surface area contributed by atoms with Crippen molar-refractivity contribution in [2.75, 3.05) is 10.6 Å². The van der Waals surface area contributed by atoms with Crippen LogP contribution in [0.4, 0.5) is 15.8 Å². The molecule has 1 saturated carbocycles. The maximum absolute atomic E-state index is 12.8. The largest absolute Gasteiger partial charge is 0.326 e. The lowest BCUT2D eigenvalue weighted by molar-refractivity contribution is -0.117. The Kier molecular flexibility index (Phi) is 4.89. The van der Waals surface area contributed by atoms with Gasteiger partial charge < -0.3 is 10.6 Å². The predicted molar refractivity (Wildman–Crippen MR) is 91.1 cm³/mol. The van der Waals surface area contributed by atoms with Gasteiger partial charge in [0.25, 0.3) is 0 Å². The molecule has 3 rings (SSSR count). The van der Waals surface area contributed by atoms with Crippen molar-refractivity contribution < 1.29 is 14.0 Å². The number of amides is 2. The Hall–Kier alpha value is -2.69. The molecule has 0 aliphatic heterocycles. The Balaban J connectivity index is 1.51. The van der Waals surface area contributed by atoms with Gasteiger partial charge in [0.05, 0.1) is 0 Å². The average Bonchev–Trinajstić information content (AvgIpc) is 3.40. The number of carbonyl (C=O) groups is 2. The van der Waals surface area contributed by atoms with Crippen molar-refractivity contribution in [1.82, 2.24) is 0 Å². The van der Waals surface area contributed by atoms with E-state index in [0.717, 1.165) is 18.4 Å². The van der Waals surface area contributed by atoms with Gasteiger partial charge in [0.15, 0.2) is 0 Å². The maximum atomic E-state index is 12.8. The number of aryl methyl sites for hydroxylation is 1. The predicted octanol–water partition coefficient (Wildman–Crippen LogP) is 3.75. The normalized spacial score (nSPS) is 13.4. The second kappa shape index (κ2) is 7.25. The van der Waals surface area contributed by atoms with Gasteiger partial charge in [0.1, 0.15) is 5.82 Å². The lowest BCUT2D eigenvalue weighted by Crippen LogP contribution is -2.15. The lowest BCUT2D eigenvalue weighted by Gasteiger charge is -2.09. The third-order valence-corrected chi connectivity index (χ3v) is 3.92. The van der Waals surface area contributed by atoms with Crippen LogP contribution in [0.1, 0.15) is 24.8 Å². The van der Waals surface area contributed by atoms with Crippen LogP contribution in [0.25, 0.3) is 0 Å². The van der Waals surface area contributed by atoms with Gasteiger partial charge in [-0.3, -0.25) is 9.59 Å². The summed E-state index contributed by atoms with van der Waals surface area (Å²) in [4.78, 5) is 23.8. The number of benzene rings is 2. The van der Waals surface area contributed by atoms with Crippen molar-refractivity contribution in [3.63, 3.8) is 0 Å². The number of hydrogen-bond donors (Lipinski definition) is 2. The molecule has 4 nitrogen and oxygen atoms in total. The molecule has 5 heteroatoms. The smallest absolute Gasteiger partial charge is 0.227 e. The van der Waals surface area contributed by atoms with Gasteiger partial charge >= 0.3 is 0 Å². The summed E-state index contributed by atoms with van der Waals surface area (Å²) >= 11 is 0. The summed E-state index contributed by atoms with van der Waals surface area (Å²) in [6.45, 7) is 0. The van der Waals surface area contributed by atoms with Crippen LogP contribution in [-0.2, 0) is 16.0 Å². The topological polar surface area (TPSA) is 58.2 Å². The van der Waals surface area contributed by atoms with E-state index in [1.165, 1.54) is 12.1 Å². The number of nitrogens with one attached hydrogen (secondary N) is 2. The molecule has 2 N–H and O–H groups in total. The number of rotatable bonds is 6. The van der Waals surface area contributed by atoms with Gasteiger partial charge in [0, 0.05) is 23.7 Å². The van der Waals surface area contributed by atoms with E-state index in [0.29, 0.717) is 24.2 Å². The number of halogens is 1. The molecule has 0 heterocycles. The number of hydrogen-bond acceptors (Lipinski definition) is 2. The molecular formula is C19H19FN2O2. The Morgan fingerprint density at radius 2 is 1.67 bits per heavy atom. The van der Waals surface area contributed by atoms with Crippen molar-refractivity contribution in [1.29, 1.82) is 0 Å². The van der Waals surface area contributed by atoms with E-state index in [1.807, 2.05) is 0 Å². The number of carbonyl (C=O) groups excluding carboxylic acids is 2. The lowest BCUT2D eigenvalue weighted by atomic mass is 10.1. The Morgan fingerprint density at radius 1 is 1.00 bits per heavy atom. The summed E-state index contributed by atoms with van der Waals surface area (Å²) < 4.78 is 12.8. The highest BCUT2D eigenvalue weighted by molar-refractivity contribution is 5.95. The molecule has 1 aliphatic rings. The standard InChI is InChI=1S/C19H19FN2O2/c20-15-9-4-13(5-10-15)6-11-18(23)21-16-2-1-3-17(12-16)22-19(24)14-7-8-14/h1-5,9-10,12,14H,6-8,11H2,(H,21,23)(H,22,24). The van der Waals surface area contributed by atoms with E-state index in [4.69, 9.17) is 0 Å². The third kappa shape index (κ3) is 4.65. The van der Waals surface area contributed by atoms with E-state index < -0.39 is 0 Å². The van der Waals surface area contributed by atoms with Crippen molar-refractivity contribution in [3.8, 4) is 0 Å². The summed E-state index contributed by atoms with van der Waals surface area (Å²) in [5.74, 6) is -0.230. The van der Waals surface area contributed by atoms with Crippen LogP contribution in [0.2, 0.25) is 0 Å². The first-order valence-electron chi connectivity index (χ1n) is 8.05. The first-order valence-corrected chi connectivity index (χ1v) is 8.05. The second-order valence-electron chi connectivity index (χ2n) is 6.02. The van der Waals surface area contributed by atoms with Crippen LogP contribution in [0, 0.1) is 11.7 Å². The van der Waals surface area contributed by atoms with Crippen molar-refractivity contribution in [2.24, 2.45) is 5.92 Å². The molecule has 2 aromatic rings. The van der Waals surface area contributed by atoms with Gasteiger partial charge in [-0.1, -0.05) is 18.2 Å². The fourth-order valence-corrected chi connectivity index (χ4v) is 2.40. The highest BCUT2D eigenvalue weighted by atomic mass is 19.1. The highest BCUT2D eigenvalue weighted by Crippen LogP contribution is 2.30. The van der Waals surface area contributed by atoms with E-state index in [9.17, 15) is 14.0 Å². The molecule has 0 aromatic heterocycles. The summed E-state index contributed by atoms with van der Waals surface area (Å²) in [6, 6.07) is 13.2. The molecule has 24 heavy (non-hydrogen) atoms. The molecule has 124 valence electrons. The zero-order valence-electron chi connectivity index (χ0n) is 13.2. The first kappa shape index (κ1) is 16.2. The quantitative estimate of drug-likeness (QED) is 0.849. The minimum atomic E-state index is -0.284. The summed E-state index contributed by atoms with van der Waals surface area (Å²) in [5, 5.41) is 5.67. The molecule has 1 aliphatic carbocycles. The van der Waals surface area contributed by atoms with Gasteiger partial charge in [-0.2, -0.15) is 0 Å². The van der Waals surface area contributed by atoms with Gasteiger partial charge in [0.2, 0.25) is 11.8 Å². The minimum Gasteiger partial charge on any atom is -0.326 e. The van der Waals surface area contributed by atoms with Crippen molar-refractivity contribution in [2.45, 2.75) is 25.7 Å². The molecule has 0 unspecified atom stereocenters. The molecule has 0 spiro atoms. The first-order chi connectivity index (χ1) is 11.6. The van der Waals surface area contributed by atoms with E-state index >= 15 is 0 Å². The SMILES string of the molecule is O=C(CCc1ccc(F)cc1)Nc1cccc(NC(=O)C2CC2)c1. The maximum Gasteiger partial charge on any atom is 0.227 e. The van der Waals surface area contributed by atoms with Crippen LogP contribution in [0.15, 0.2) is 48.5 Å². The molecule has 0 bridgehead atoms. The molecule has 0 radical (unpaired) electrons. The molecule has 0 saturated heterocycles. The molecule has 2 amide bonds. The Labute approximate surface area is 140 Å². The molecule has 2 aromatic carbocycles. The van der Waals surface area contributed by atoms with Gasteiger partial charge in [-0.25, -0.2) is 4.39 Å². The number of anilines is 2. The zero-order valence-corrected chi connectivity index (χ0v) is 13.2. The van der Waals surface area contributed by atoms with Crippen LogP contribution in [0.3, 0.4) is 0 Å². The molecule has 1 fully saturated rings. The van der Waals surface area contributed by atoms with E-state index in [2.05, 4.69) is 10.6 Å². The fourth-order valence-electron chi connectivity index (χ4n) is 2.40. The van der Waals surface area contributed by atoms with Gasteiger partial charge in [-0.15, -0.1) is 0 Å². The third-order valence-electron chi connectivity index (χ3n) is 3.92. The molecule has 0 atom stereocenters. The van der Waals surface area contributed by atoms with Crippen molar-refractivity contribution in [3.05, 3.63) is 59.9 Å². The van der Waals surface area contributed by atoms with E-state index in [-0.39, 0.29) is 23.5 Å². The average molecular weight is 326 g/mol. The van der Waals surface area contributed by atoms with E-state index in [1.54, 1.807) is 36.4 Å². The summed E-state index contributed by atoms with van der Waals surface area (Å²) in [7, 11) is 0. The Bertz CT molecular complexity index is 739. The molecular weight excluding hydrogens is 307 g/mol. The summed E-state index contributed by atoms with van der Waals surface area (Å²) in [5.41, 5.74) is 2.24. The Morgan fingerprint density at radius 3 is 2.33 bits per heavy atom. The van der Waals surface area contributed by atoms with Gasteiger partial charge in [-0.05, 0) is 55.2 Å². The van der Waals surface area contributed by atoms with Crippen LogP contribution in [-0.4, -0.2) is 11.8 Å². The minimum absolute atomic E-state index is 0.0368. The monoisotopic (exact) mass is 326 g/mol. The fraction of sp³-hybridized carbons (Fsp3) is 0.263. The zero-order chi connectivity index (χ0) is 16.9.